The van der Waals surface area contributed by atoms with Gasteiger partial charge in [-0.3, -0.25) is 0 Å². The van der Waals surface area contributed by atoms with Crippen molar-refractivity contribution in [1.82, 2.24) is 0 Å². The SMILES string of the molecule is CC(C)(C)C1CCC1C(F)(F)F. The molecule has 0 aliphatic heterocycles. The lowest BCUT2D eigenvalue weighted by atomic mass is 9.61. The molecule has 0 nitrogen and oxygen atoms in total. The third-order valence-corrected chi connectivity index (χ3v) is 2.81. The molecule has 3 heteroatoms. The average Bonchev–Trinajstić information content (AvgIpc) is 1.46. The van der Waals surface area contributed by atoms with Crippen LogP contribution in [0.3, 0.4) is 0 Å². The molecule has 1 fully saturated rings. The molecule has 2 atom stereocenters. The zero-order chi connectivity index (χ0) is 9.57. The van der Waals surface area contributed by atoms with Crippen LogP contribution in [0.1, 0.15) is 33.6 Å². The summed E-state index contributed by atoms with van der Waals surface area (Å²) < 4.78 is 36.8. The standard InChI is InChI=1S/C9H15F3/c1-8(2,3)6-4-5-7(6)9(10,11)12/h6-7H,4-5H2,1-3H3. The number of rotatable bonds is 0. The minimum Gasteiger partial charge on any atom is -0.171 e. The molecule has 1 aliphatic carbocycles. The highest BCUT2D eigenvalue weighted by molar-refractivity contribution is 4.92. The maximum absolute atomic E-state index is 12.3. The third kappa shape index (κ3) is 1.75. The summed E-state index contributed by atoms with van der Waals surface area (Å²) in [6, 6.07) is 0. The van der Waals surface area contributed by atoms with Crippen LogP contribution in [0.5, 0.6) is 0 Å². The Hall–Kier alpha value is -0.210. The van der Waals surface area contributed by atoms with Gasteiger partial charge in [0, 0.05) is 0 Å². The fourth-order valence-electron chi connectivity index (χ4n) is 1.93. The Morgan fingerprint density at radius 2 is 1.33 bits per heavy atom. The third-order valence-electron chi connectivity index (χ3n) is 2.81. The first kappa shape index (κ1) is 9.87. The van der Waals surface area contributed by atoms with Gasteiger partial charge in [0.25, 0.3) is 0 Å². The minimum atomic E-state index is -3.98. The summed E-state index contributed by atoms with van der Waals surface area (Å²) >= 11 is 0. The van der Waals surface area contributed by atoms with E-state index in [4.69, 9.17) is 0 Å². The van der Waals surface area contributed by atoms with Crippen molar-refractivity contribution in [2.45, 2.75) is 39.8 Å². The van der Waals surface area contributed by atoms with Crippen LogP contribution in [-0.4, -0.2) is 6.18 Å². The van der Waals surface area contributed by atoms with Crippen molar-refractivity contribution in [3.8, 4) is 0 Å². The fraction of sp³-hybridized carbons (Fsp3) is 1.00. The molecule has 1 saturated carbocycles. The number of halogens is 3. The van der Waals surface area contributed by atoms with E-state index in [1.54, 1.807) is 0 Å². The monoisotopic (exact) mass is 180 g/mol. The lowest BCUT2D eigenvalue weighted by molar-refractivity contribution is -0.226. The average molecular weight is 180 g/mol. The second-order valence-corrected chi connectivity index (χ2v) is 4.70. The smallest absolute Gasteiger partial charge is 0.171 e. The number of hydrogen-bond donors (Lipinski definition) is 0. The van der Waals surface area contributed by atoms with E-state index >= 15 is 0 Å². The van der Waals surface area contributed by atoms with E-state index in [1.807, 2.05) is 20.8 Å². The summed E-state index contributed by atoms with van der Waals surface area (Å²) in [5, 5.41) is 0. The Balaban J connectivity index is 2.62. The highest BCUT2D eigenvalue weighted by atomic mass is 19.4. The van der Waals surface area contributed by atoms with Gasteiger partial charge >= 0.3 is 6.18 Å². The Morgan fingerprint density at radius 1 is 0.917 bits per heavy atom. The van der Waals surface area contributed by atoms with Gasteiger partial charge in [-0.2, -0.15) is 13.2 Å². The quantitative estimate of drug-likeness (QED) is 0.534. The topological polar surface area (TPSA) is 0 Å². The molecule has 0 spiro atoms. The van der Waals surface area contributed by atoms with Gasteiger partial charge in [0.2, 0.25) is 0 Å². The van der Waals surface area contributed by atoms with Crippen LogP contribution in [-0.2, 0) is 0 Å². The van der Waals surface area contributed by atoms with E-state index in [0.717, 1.165) is 6.42 Å². The molecule has 0 aromatic heterocycles. The van der Waals surface area contributed by atoms with Gasteiger partial charge in [-0.05, 0) is 24.2 Å². The summed E-state index contributed by atoms with van der Waals surface area (Å²) in [6.45, 7) is 5.65. The normalized spacial score (nSPS) is 31.5. The Bertz CT molecular complexity index is 144. The van der Waals surface area contributed by atoms with Gasteiger partial charge in [0.05, 0.1) is 5.92 Å². The van der Waals surface area contributed by atoms with Crippen LogP contribution in [0.25, 0.3) is 0 Å². The summed E-state index contributed by atoms with van der Waals surface area (Å²) in [7, 11) is 0. The van der Waals surface area contributed by atoms with Gasteiger partial charge in [0.1, 0.15) is 0 Å². The van der Waals surface area contributed by atoms with Crippen molar-refractivity contribution in [2.24, 2.45) is 17.3 Å². The molecule has 12 heavy (non-hydrogen) atoms. The molecule has 0 amide bonds. The number of alkyl halides is 3. The highest BCUT2D eigenvalue weighted by Crippen LogP contribution is 2.52. The van der Waals surface area contributed by atoms with Gasteiger partial charge in [-0.15, -0.1) is 0 Å². The van der Waals surface area contributed by atoms with Crippen molar-refractivity contribution >= 4 is 0 Å². The second-order valence-electron chi connectivity index (χ2n) is 4.70. The van der Waals surface area contributed by atoms with Gasteiger partial charge in [-0.1, -0.05) is 20.8 Å². The molecule has 0 aromatic rings. The summed E-state index contributed by atoms with van der Waals surface area (Å²) in [5.41, 5.74) is -0.196. The predicted molar refractivity (Wildman–Crippen MR) is 41.7 cm³/mol. The molecular formula is C9H15F3. The van der Waals surface area contributed by atoms with Crippen LogP contribution in [0.15, 0.2) is 0 Å². The van der Waals surface area contributed by atoms with E-state index in [-0.39, 0.29) is 11.3 Å². The van der Waals surface area contributed by atoms with Crippen LogP contribution in [0, 0.1) is 17.3 Å². The van der Waals surface area contributed by atoms with Crippen LogP contribution in [0.2, 0.25) is 0 Å². The van der Waals surface area contributed by atoms with Crippen molar-refractivity contribution in [3.63, 3.8) is 0 Å². The molecule has 0 aromatic carbocycles. The molecule has 0 bridgehead atoms. The van der Waals surface area contributed by atoms with Crippen molar-refractivity contribution in [3.05, 3.63) is 0 Å². The van der Waals surface area contributed by atoms with E-state index in [9.17, 15) is 13.2 Å². The fourth-order valence-corrected chi connectivity index (χ4v) is 1.93. The van der Waals surface area contributed by atoms with Crippen molar-refractivity contribution < 1.29 is 13.2 Å². The van der Waals surface area contributed by atoms with E-state index in [0.29, 0.717) is 6.42 Å². The molecule has 0 N–H and O–H groups in total. The largest absolute Gasteiger partial charge is 0.392 e. The van der Waals surface area contributed by atoms with Gasteiger partial charge in [0.15, 0.2) is 0 Å². The first-order valence-electron chi connectivity index (χ1n) is 4.29. The Labute approximate surface area is 71.1 Å². The highest BCUT2D eigenvalue weighted by Gasteiger charge is 2.53. The summed E-state index contributed by atoms with van der Waals surface area (Å²) in [5.74, 6) is -1.21. The van der Waals surface area contributed by atoms with Crippen molar-refractivity contribution in [1.29, 1.82) is 0 Å². The lowest BCUT2D eigenvalue weighted by Gasteiger charge is -2.45. The molecular weight excluding hydrogens is 165 g/mol. The molecule has 1 aliphatic rings. The molecule has 2 unspecified atom stereocenters. The van der Waals surface area contributed by atoms with E-state index in [1.165, 1.54) is 0 Å². The maximum atomic E-state index is 12.3. The van der Waals surface area contributed by atoms with E-state index < -0.39 is 12.1 Å². The molecule has 0 heterocycles. The Morgan fingerprint density at radius 3 is 1.42 bits per heavy atom. The predicted octanol–water partition coefficient (Wildman–Crippen LogP) is 3.62. The molecule has 0 saturated heterocycles. The zero-order valence-corrected chi connectivity index (χ0v) is 7.70. The first-order chi connectivity index (χ1) is 5.23. The molecule has 72 valence electrons. The second kappa shape index (κ2) is 2.64. The van der Waals surface area contributed by atoms with Crippen LogP contribution < -0.4 is 0 Å². The molecule has 1 rings (SSSR count). The zero-order valence-electron chi connectivity index (χ0n) is 7.70. The van der Waals surface area contributed by atoms with Crippen LogP contribution in [0.4, 0.5) is 13.2 Å². The van der Waals surface area contributed by atoms with Gasteiger partial charge < -0.3 is 0 Å². The maximum Gasteiger partial charge on any atom is 0.392 e. The van der Waals surface area contributed by atoms with Crippen LogP contribution >= 0.6 is 0 Å². The number of hydrogen-bond acceptors (Lipinski definition) is 0. The summed E-state index contributed by atoms with van der Waals surface area (Å²) in [4.78, 5) is 0. The van der Waals surface area contributed by atoms with Crippen molar-refractivity contribution in [2.75, 3.05) is 0 Å². The molecule has 0 radical (unpaired) electrons. The minimum absolute atomic E-state index is 0.169. The van der Waals surface area contributed by atoms with E-state index in [2.05, 4.69) is 0 Å². The first-order valence-corrected chi connectivity index (χ1v) is 4.29. The summed E-state index contributed by atoms with van der Waals surface area (Å²) in [6.07, 6.45) is -2.92. The van der Waals surface area contributed by atoms with Gasteiger partial charge in [-0.25, -0.2) is 0 Å². The lowest BCUT2D eigenvalue weighted by Crippen LogP contribution is -2.44. The Kier molecular flexibility index (Phi) is 2.17.